The molecule has 0 bridgehead atoms. The van der Waals surface area contributed by atoms with Gasteiger partial charge in [-0.3, -0.25) is 0 Å². The van der Waals surface area contributed by atoms with Crippen LogP contribution in [0.1, 0.15) is 18.3 Å². The fourth-order valence-corrected chi connectivity index (χ4v) is 2.07. The molecular formula is C14H17BrN4. The maximum Gasteiger partial charge on any atom is 0.134 e. The number of anilines is 2. The van der Waals surface area contributed by atoms with E-state index in [1.165, 1.54) is 5.56 Å². The largest absolute Gasteiger partial charge is 0.384 e. The minimum atomic E-state index is 0.518. The zero-order valence-electron chi connectivity index (χ0n) is 11.1. The number of aromatic nitrogens is 2. The summed E-state index contributed by atoms with van der Waals surface area (Å²) in [4.78, 5) is 10.7. The average Bonchev–Trinajstić information content (AvgIpc) is 2.40. The summed E-state index contributed by atoms with van der Waals surface area (Å²) in [6.07, 6.45) is 0.782. The van der Waals surface area contributed by atoms with Gasteiger partial charge in [-0.15, -0.1) is 0 Å². The molecule has 1 aromatic carbocycles. The predicted molar refractivity (Wildman–Crippen MR) is 82.1 cm³/mol. The lowest BCUT2D eigenvalue weighted by atomic mass is 10.2. The molecule has 19 heavy (non-hydrogen) atoms. The Balaban J connectivity index is 2.17. The van der Waals surface area contributed by atoms with Crippen molar-refractivity contribution in [2.75, 3.05) is 17.7 Å². The summed E-state index contributed by atoms with van der Waals surface area (Å²) >= 11 is 3.43. The van der Waals surface area contributed by atoms with Gasteiger partial charge in [-0.1, -0.05) is 35.0 Å². The van der Waals surface area contributed by atoms with Gasteiger partial charge in [-0.25, -0.2) is 9.97 Å². The fraction of sp³-hybridized carbons (Fsp3) is 0.286. The Hall–Kier alpha value is -1.62. The molecule has 2 rings (SSSR count). The monoisotopic (exact) mass is 320 g/mol. The number of benzene rings is 1. The predicted octanol–water partition coefficient (Wildman–Crippen LogP) is 3.02. The van der Waals surface area contributed by atoms with Crippen LogP contribution in [-0.2, 0) is 13.0 Å². The van der Waals surface area contributed by atoms with Crippen molar-refractivity contribution in [2.24, 2.45) is 0 Å². The van der Waals surface area contributed by atoms with Gasteiger partial charge in [-0.2, -0.15) is 0 Å². The number of halogens is 1. The van der Waals surface area contributed by atoms with E-state index < -0.39 is 0 Å². The van der Waals surface area contributed by atoms with Gasteiger partial charge in [0.1, 0.15) is 17.5 Å². The van der Waals surface area contributed by atoms with Crippen molar-refractivity contribution in [2.45, 2.75) is 19.9 Å². The zero-order chi connectivity index (χ0) is 13.8. The molecule has 5 heteroatoms. The number of hydrogen-bond donors (Lipinski definition) is 1. The van der Waals surface area contributed by atoms with Crippen molar-refractivity contribution in [3.05, 3.63) is 46.2 Å². The Morgan fingerprint density at radius 3 is 2.53 bits per heavy atom. The Bertz CT molecular complexity index is 554. The van der Waals surface area contributed by atoms with Gasteiger partial charge in [0.15, 0.2) is 0 Å². The average molecular weight is 321 g/mol. The maximum absolute atomic E-state index is 5.80. The van der Waals surface area contributed by atoms with Crippen molar-refractivity contribution in [1.82, 2.24) is 9.97 Å². The zero-order valence-corrected chi connectivity index (χ0v) is 12.7. The van der Waals surface area contributed by atoms with Gasteiger partial charge in [0.05, 0.1) is 0 Å². The molecular weight excluding hydrogens is 304 g/mol. The highest BCUT2D eigenvalue weighted by Gasteiger charge is 2.07. The van der Waals surface area contributed by atoms with Gasteiger partial charge < -0.3 is 10.6 Å². The van der Waals surface area contributed by atoms with Crippen LogP contribution >= 0.6 is 15.9 Å². The van der Waals surface area contributed by atoms with Crippen LogP contribution in [0.3, 0.4) is 0 Å². The third-order valence-electron chi connectivity index (χ3n) is 2.82. The second-order valence-corrected chi connectivity index (χ2v) is 5.32. The lowest BCUT2D eigenvalue weighted by Gasteiger charge is -2.19. The Labute approximate surface area is 121 Å². The van der Waals surface area contributed by atoms with Crippen LogP contribution < -0.4 is 10.6 Å². The first-order valence-electron chi connectivity index (χ1n) is 6.17. The molecule has 0 fully saturated rings. The van der Waals surface area contributed by atoms with Crippen molar-refractivity contribution >= 4 is 27.6 Å². The fourth-order valence-electron chi connectivity index (χ4n) is 1.80. The molecule has 0 radical (unpaired) electrons. The van der Waals surface area contributed by atoms with Gasteiger partial charge >= 0.3 is 0 Å². The Kier molecular flexibility index (Phi) is 4.37. The minimum Gasteiger partial charge on any atom is -0.384 e. The molecule has 2 N–H and O–H groups in total. The van der Waals surface area contributed by atoms with Crippen LogP contribution in [0, 0.1) is 0 Å². The van der Waals surface area contributed by atoms with E-state index in [4.69, 9.17) is 5.73 Å². The second kappa shape index (κ2) is 6.02. The van der Waals surface area contributed by atoms with E-state index in [0.29, 0.717) is 5.82 Å². The molecule has 0 spiro atoms. The van der Waals surface area contributed by atoms with E-state index in [9.17, 15) is 0 Å². The lowest BCUT2D eigenvalue weighted by molar-refractivity contribution is 0.861. The number of aryl methyl sites for hydroxylation is 1. The molecule has 100 valence electrons. The first kappa shape index (κ1) is 13.8. The molecule has 0 aliphatic heterocycles. The minimum absolute atomic E-state index is 0.518. The molecule has 0 amide bonds. The van der Waals surface area contributed by atoms with E-state index in [0.717, 1.165) is 29.1 Å². The van der Waals surface area contributed by atoms with E-state index in [-0.39, 0.29) is 0 Å². The number of nitrogen functional groups attached to an aromatic ring is 1. The normalized spacial score (nSPS) is 10.5. The van der Waals surface area contributed by atoms with E-state index in [1.54, 1.807) is 6.07 Å². The van der Waals surface area contributed by atoms with Crippen molar-refractivity contribution < 1.29 is 0 Å². The standard InChI is InChI=1S/C14H17BrN4/c1-3-13-17-12(16)8-14(18-13)19(2)9-10-4-6-11(15)7-5-10/h4-8H,3,9H2,1-2H3,(H2,16,17,18). The van der Waals surface area contributed by atoms with Crippen molar-refractivity contribution in [3.8, 4) is 0 Å². The lowest BCUT2D eigenvalue weighted by Crippen LogP contribution is -2.19. The SMILES string of the molecule is CCc1nc(N)cc(N(C)Cc2ccc(Br)cc2)n1. The first-order chi connectivity index (χ1) is 9.08. The summed E-state index contributed by atoms with van der Waals surface area (Å²) in [6.45, 7) is 2.81. The third kappa shape index (κ3) is 3.67. The third-order valence-corrected chi connectivity index (χ3v) is 3.35. The molecule has 1 aromatic heterocycles. The molecule has 0 atom stereocenters. The number of hydrogen-bond acceptors (Lipinski definition) is 4. The summed E-state index contributed by atoms with van der Waals surface area (Å²) in [5, 5.41) is 0. The Morgan fingerprint density at radius 1 is 1.21 bits per heavy atom. The molecule has 0 saturated carbocycles. The quantitative estimate of drug-likeness (QED) is 0.940. The topological polar surface area (TPSA) is 55.0 Å². The first-order valence-corrected chi connectivity index (χ1v) is 6.97. The van der Waals surface area contributed by atoms with Gasteiger partial charge in [-0.05, 0) is 17.7 Å². The van der Waals surface area contributed by atoms with E-state index in [2.05, 4.69) is 42.9 Å². The summed E-state index contributed by atoms with van der Waals surface area (Å²) in [5.41, 5.74) is 7.03. The van der Waals surface area contributed by atoms with Crippen molar-refractivity contribution in [3.63, 3.8) is 0 Å². The number of nitrogens with zero attached hydrogens (tertiary/aromatic N) is 3. The molecule has 0 aliphatic rings. The molecule has 0 unspecified atom stereocenters. The summed E-state index contributed by atoms with van der Waals surface area (Å²) in [6, 6.07) is 10.1. The molecule has 0 aliphatic carbocycles. The summed E-state index contributed by atoms with van der Waals surface area (Å²) in [5.74, 6) is 2.15. The van der Waals surface area contributed by atoms with Gasteiger partial charge in [0.25, 0.3) is 0 Å². The van der Waals surface area contributed by atoms with Crippen LogP contribution in [0.2, 0.25) is 0 Å². The highest BCUT2D eigenvalue weighted by molar-refractivity contribution is 9.10. The second-order valence-electron chi connectivity index (χ2n) is 4.40. The van der Waals surface area contributed by atoms with Gasteiger partial charge in [0, 0.05) is 30.6 Å². The van der Waals surface area contributed by atoms with Crippen LogP contribution in [0.25, 0.3) is 0 Å². The highest BCUT2D eigenvalue weighted by Crippen LogP contribution is 2.17. The smallest absolute Gasteiger partial charge is 0.134 e. The number of nitrogens with two attached hydrogens (primary N) is 1. The molecule has 1 heterocycles. The van der Waals surface area contributed by atoms with E-state index >= 15 is 0 Å². The Morgan fingerprint density at radius 2 is 1.89 bits per heavy atom. The molecule has 0 saturated heterocycles. The highest BCUT2D eigenvalue weighted by atomic mass is 79.9. The van der Waals surface area contributed by atoms with E-state index in [1.807, 2.05) is 26.1 Å². The van der Waals surface area contributed by atoms with Crippen LogP contribution in [0.5, 0.6) is 0 Å². The van der Waals surface area contributed by atoms with Crippen LogP contribution in [0.15, 0.2) is 34.8 Å². The summed E-state index contributed by atoms with van der Waals surface area (Å²) in [7, 11) is 2.00. The van der Waals surface area contributed by atoms with Crippen LogP contribution in [0.4, 0.5) is 11.6 Å². The number of rotatable bonds is 4. The molecule has 2 aromatic rings. The molecule has 4 nitrogen and oxygen atoms in total. The van der Waals surface area contributed by atoms with Crippen molar-refractivity contribution in [1.29, 1.82) is 0 Å². The maximum atomic E-state index is 5.80. The van der Waals surface area contributed by atoms with Gasteiger partial charge in [0.2, 0.25) is 0 Å². The van der Waals surface area contributed by atoms with Crippen LogP contribution in [-0.4, -0.2) is 17.0 Å². The summed E-state index contributed by atoms with van der Waals surface area (Å²) < 4.78 is 1.08.